The maximum Gasteiger partial charge on any atom is 0.245 e. The molecule has 2 aliphatic heterocycles. The molecule has 0 bridgehead atoms. The van der Waals surface area contributed by atoms with Crippen LogP contribution in [0.5, 0.6) is 0 Å². The SMILES string of the molecule is CCN(CCN1CCOCC1)C(=O)[C@H](C)N1CC[C@H](NS(=O)(=O)c2ccc3cc(Cl)ccc3c2)C1=O. The van der Waals surface area contributed by atoms with Crippen LogP contribution >= 0.6 is 11.6 Å². The summed E-state index contributed by atoms with van der Waals surface area (Å²) in [7, 11) is -3.93. The van der Waals surface area contributed by atoms with Crippen LogP contribution in [-0.2, 0) is 24.3 Å². The molecule has 0 radical (unpaired) electrons. The molecule has 2 aromatic rings. The lowest BCUT2D eigenvalue weighted by molar-refractivity contribution is -0.143. The Morgan fingerprint density at radius 2 is 1.86 bits per heavy atom. The Labute approximate surface area is 217 Å². The first-order valence-electron chi connectivity index (χ1n) is 12.3. The number of hydrogen-bond acceptors (Lipinski definition) is 6. The number of carbonyl (C=O) groups is 2. The van der Waals surface area contributed by atoms with Gasteiger partial charge in [-0.15, -0.1) is 0 Å². The minimum absolute atomic E-state index is 0.0768. The average molecular weight is 537 g/mol. The highest BCUT2D eigenvalue weighted by Crippen LogP contribution is 2.24. The van der Waals surface area contributed by atoms with Crippen molar-refractivity contribution in [3.8, 4) is 0 Å². The Hall–Kier alpha value is -2.24. The van der Waals surface area contributed by atoms with Crippen molar-refractivity contribution < 1.29 is 22.7 Å². The summed E-state index contributed by atoms with van der Waals surface area (Å²) in [4.78, 5) is 31.9. The second kappa shape index (κ2) is 11.4. The molecule has 9 nitrogen and oxygen atoms in total. The molecule has 2 heterocycles. The number of amides is 2. The van der Waals surface area contributed by atoms with Gasteiger partial charge in [0.1, 0.15) is 12.1 Å². The molecule has 36 heavy (non-hydrogen) atoms. The van der Waals surface area contributed by atoms with Crippen LogP contribution in [-0.4, -0.2) is 99.5 Å². The Morgan fingerprint density at radius 3 is 2.58 bits per heavy atom. The van der Waals surface area contributed by atoms with Gasteiger partial charge in [0.05, 0.1) is 18.1 Å². The molecule has 0 saturated carbocycles. The Kier molecular flexibility index (Phi) is 8.52. The highest BCUT2D eigenvalue weighted by Gasteiger charge is 2.40. The van der Waals surface area contributed by atoms with Crippen LogP contribution in [0.25, 0.3) is 10.8 Å². The number of likely N-dealkylation sites (tertiary alicyclic amines) is 1. The molecule has 11 heteroatoms. The first kappa shape index (κ1) is 26.8. The van der Waals surface area contributed by atoms with Gasteiger partial charge in [0.25, 0.3) is 0 Å². The zero-order chi connectivity index (χ0) is 25.9. The van der Waals surface area contributed by atoms with Gasteiger partial charge in [-0.25, -0.2) is 8.42 Å². The summed E-state index contributed by atoms with van der Waals surface area (Å²) in [5.41, 5.74) is 0. The fourth-order valence-corrected chi connectivity index (χ4v) is 6.16. The van der Waals surface area contributed by atoms with Crippen molar-refractivity contribution in [2.24, 2.45) is 0 Å². The van der Waals surface area contributed by atoms with Crippen molar-refractivity contribution in [3.63, 3.8) is 0 Å². The van der Waals surface area contributed by atoms with E-state index in [1.165, 1.54) is 11.0 Å². The number of nitrogens with one attached hydrogen (secondary N) is 1. The average Bonchev–Trinajstić information content (AvgIpc) is 3.23. The van der Waals surface area contributed by atoms with Crippen molar-refractivity contribution in [1.29, 1.82) is 0 Å². The summed E-state index contributed by atoms with van der Waals surface area (Å²) in [6.07, 6.45) is 0.304. The van der Waals surface area contributed by atoms with Gasteiger partial charge in [-0.3, -0.25) is 14.5 Å². The van der Waals surface area contributed by atoms with Crippen LogP contribution in [0.4, 0.5) is 0 Å². The second-order valence-corrected chi connectivity index (χ2v) is 11.3. The molecule has 0 unspecified atom stereocenters. The van der Waals surface area contributed by atoms with Crippen LogP contribution in [0, 0.1) is 0 Å². The summed E-state index contributed by atoms with van der Waals surface area (Å²) in [5, 5.41) is 2.13. The van der Waals surface area contributed by atoms with Crippen LogP contribution < -0.4 is 4.72 Å². The molecular weight excluding hydrogens is 504 g/mol. The summed E-state index contributed by atoms with van der Waals surface area (Å²) >= 11 is 6.01. The predicted molar refractivity (Wildman–Crippen MR) is 138 cm³/mol. The molecule has 4 rings (SSSR count). The highest BCUT2D eigenvalue weighted by atomic mass is 35.5. The first-order chi connectivity index (χ1) is 17.2. The number of halogens is 1. The van der Waals surface area contributed by atoms with Crippen LogP contribution in [0.15, 0.2) is 41.3 Å². The molecule has 0 aromatic heterocycles. The van der Waals surface area contributed by atoms with Crippen molar-refractivity contribution in [1.82, 2.24) is 19.4 Å². The quantitative estimate of drug-likeness (QED) is 0.526. The minimum atomic E-state index is -3.93. The largest absolute Gasteiger partial charge is 0.379 e. The number of sulfonamides is 1. The van der Waals surface area contributed by atoms with E-state index in [0.717, 1.165) is 30.4 Å². The van der Waals surface area contributed by atoms with Gasteiger partial charge in [-0.05, 0) is 55.3 Å². The topological polar surface area (TPSA) is 99.3 Å². The van der Waals surface area contributed by atoms with Gasteiger partial charge in [0.2, 0.25) is 21.8 Å². The normalized spacial score (nSPS) is 20.1. The van der Waals surface area contributed by atoms with Crippen molar-refractivity contribution in [3.05, 3.63) is 41.4 Å². The molecular formula is C25H33ClN4O5S. The number of benzene rings is 2. The number of likely N-dealkylation sites (N-methyl/N-ethyl adjacent to an activating group) is 1. The van der Waals surface area contributed by atoms with Crippen LogP contribution in [0.1, 0.15) is 20.3 Å². The third kappa shape index (κ3) is 6.00. The summed E-state index contributed by atoms with van der Waals surface area (Å²) in [5.74, 6) is -0.507. The Morgan fingerprint density at radius 1 is 1.17 bits per heavy atom. The first-order valence-corrected chi connectivity index (χ1v) is 14.2. The smallest absolute Gasteiger partial charge is 0.245 e. The Balaban J connectivity index is 1.38. The van der Waals surface area contributed by atoms with E-state index in [0.29, 0.717) is 44.3 Å². The van der Waals surface area contributed by atoms with Crippen LogP contribution in [0.2, 0.25) is 5.02 Å². The molecule has 2 atom stereocenters. The second-order valence-electron chi connectivity index (χ2n) is 9.20. The zero-order valence-corrected chi connectivity index (χ0v) is 22.2. The summed E-state index contributed by atoms with van der Waals surface area (Å²) < 4.78 is 34.0. The molecule has 0 spiro atoms. The number of morpholine rings is 1. The maximum absolute atomic E-state index is 13.2. The number of ether oxygens (including phenoxy) is 1. The highest BCUT2D eigenvalue weighted by molar-refractivity contribution is 7.89. The zero-order valence-electron chi connectivity index (χ0n) is 20.7. The number of fused-ring (bicyclic) bond motifs is 1. The van der Waals surface area contributed by atoms with Crippen molar-refractivity contribution >= 4 is 44.2 Å². The molecule has 2 fully saturated rings. The summed E-state index contributed by atoms with van der Waals surface area (Å²) in [6.45, 7) is 8.90. The number of hydrogen-bond donors (Lipinski definition) is 1. The third-order valence-electron chi connectivity index (χ3n) is 6.93. The molecule has 196 valence electrons. The van der Waals surface area contributed by atoms with E-state index >= 15 is 0 Å². The minimum Gasteiger partial charge on any atom is -0.379 e. The Bertz CT molecular complexity index is 1220. The monoisotopic (exact) mass is 536 g/mol. The maximum atomic E-state index is 13.2. The lowest BCUT2D eigenvalue weighted by Crippen LogP contribution is -2.51. The number of nitrogens with zero attached hydrogens (tertiary/aromatic N) is 3. The van der Waals surface area contributed by atoms with Gasteiger partial charge >= 0.3 is 0 Å². The van der Waals surface area contributed by atoms with E-state index in [1.807, 2.05) is 6.92 Å². The van der Waals surface area contributed by atoms with E-state index < -0.39 is 22.1 Å². The number of carbonyl (C=O) groups excluding carboxylic acids is 2. The lowest BCUT2D eigenvalue weighted by atomic mass is 10.1. The molecule has 2 amide bonds. The fraction of sp³-hybridized carbons (Fsp3) is 0.520. The molecule has 2 aliphatic rings. The van der Waals surface area contributed by atoms with E-state index in [2.05, 4.69) is 9.62 Å². The fourth-order valence-electron chi connectivity index (χ4n) is 4.72. The lowest BCUT2D eigenvalue weighted by Gasteiger charge is -2.32. The third-order valence-corrected chi connectivity index (χ3v) is 8.63. The van der Waals surface area contributed by atoms with E-state index in [-0.39, 0.29) is 16.7 Å². The van der Waals surface area contributed by atoms with E-state index in [4.69, 9.17) is 16.3 Å². The van der Waals surface area contributed by atoms with Crippen molar-refractivity contribution in [2.75, 3.05) is 52.5 Å². The predicted octanol–water partition coefficient (Wildman–Crippen LogP) is 1.94. The van der Waals surface area contributed by atoms with Gasteiger partial charge in [-0.1, -0.05) is 23.7 Å². The van der Waals surface area contributed by atoms with E-state index in [9.17, 15) is 18.0 Å². The van der Waals surface area contributed by atoms with Gasteiger partial charge in [-0.2, -0.15) is 4.72 Å². The van der Waals surface area contributed by atoms with Gasteiger partial charge in [0, 0.05) is 44.3 Å². The standard InChI is InChI=1S/C25H33ClN4O5S/c1-3-29(11-10-28-12-14-35-15-13-28)24(31)18(2)30-9-8-23(25(30)32)27-36(33,34)22-7-5-19-16-21(26)6-4-20(19)17-22/h4-7,16-18,23,27H,3,8-15H2,1-2H3/t18-,23-/m0/s1. The molecule has 1 N–H and O–H groups in total. The molecule has 2 aromatic carbocycles. The van der Waals surface area contributed by atoms with E-state index in [1.54, 1.807) is 42.2 Å². The van der Waals surface area contributed by atoms with Crippen LogP contribution in [0.3, 0.4) is 0 Å². The molecule has 0 aliphatic carbocycles. The molecule has 2 saturated heterocycles. The van der Waals surface area contributed by atoms with Gasteiger partial charge < -0.3 is 14.5 Å². The number of rotatable bonds is 9. The van der Waals surface area contributed by atoms with Crippen molar-refractivity contribution in [2.45, 2.75) is 37.2 Å². The van der Waals surface area contributed by atoms with Gasteiger partial charge in [0.15, 0.2) is 0 Å². The summed E-state index contributed by atoms with van der Waals surface area (Å²) in [6, 6.07) is 8.39.